The van der Waals surface area contributed by atoms with Crippen molar-refractivity contribution in [3.63, 3.8) is 0 Å². The molecule has 3 atom stereocenters. The van der Waals surface area contributed by atoms with Gasteiger partial charge in [0.2, 0.25) is 0 Å². The van der Waals surface area contributed by atoms with Gasteiger partial charge in [0, 0.05) is 0 Å². The summed E-state index contributed by atoms with van der Waals surface area (Å²) in [5.74, 6) is -0.0245. The van der Waals surface area contributed by atoms with Crippen LogP contribution >= 0.6 is 0 Å². The van der Waals surface area contributed by atoms with E-state index in [0.29, 0.717) is 12.2 Å². The number of esters is 1. The van der Waals surface area contributed by atoms with Gasteiger partial charge < -0.3 is 0 Å². The van der Waals surface area contributed by atoms with Gasteiger partial charge in [0.25, 0.3) is 0 Å². The number of aryl methyl sites for hydroxylation is 1. The number of rotatable bonds is 6. The Balaban J connectivity index is 1.81. The predicted molar refractivity (Wildman–Crippen MR) is 118 cm³/mol. The zero-order valence-corrected chi connectivity index (χ0v) is 19.7. The molecular formula is C23H23NO5SSe. The summed E-state index contributed by atoms with van der Waals surface area (Å²) in [7, 11) is -2.69. The maximum atomic E-state index is 13.8. The molecule has 0 amide bonds. The van der Waals surface area contributed by atoms with E-state index in [9.17, 15) is 13.2 Å². The Kier molecular flexibility index (Phi) is 6.34. The van der Waals surface area contributed by atoms with Crippen LogP contribution < -0.4 is 4.46 Å². The molecule has 1 aliphatic rings. The molecule has 0 unspecified atom stereocenters. The van der Waals surface area contributed by atoms with E-state index in [2.05, 4.69) is 0 Å². The van der Waals surface area contributed by atoms with Gasteiger partial charge in [-0.25, -0.2) is 0 Å². The third kappa shape index (κ3) is 4.34. The molecule has 0 N–H and O–H groups in total. The number of ether oxygens (including phenoxy) is 1. The van der Waals surface area contributed by atoms with E-state index in [1.54, 1.807) is 36.4 Å². The van der Waals surface area contributed by atoms with Crippen molar-refractivity contribution in [3.05, 3.63) is 84.3 Å². The van der Waals surface area contributed by atoms with Gasteiger partial charge >= 0.3 is 189 Å². The Morgan fingerprint density at radius 2 is 1.77 bits per heavy atom. The van der Waals surface area contributed by atoms with Crippen molar-refractivity contribution in [2.24, 2.45) is 0 Å². The van der Waals surface area contributed by atoms with E-state index < -0.39 is 28.1 Å². The van der Waals surface area contributed by atoms with Crippen molar-refractivity contribution in [2.75, 3.05) is 7.11 Å². The SMILES string of the molecule is COC(=O)[C@H]1C[C@H]([Se]c2ccccc2)[C@@H](c2ccco2)N1S(=O)(=O)c1ccc(C)cc1. The zero-order chi connectivity index (χ0) is 22.0. The Hall–Kier alpha value is -2.38. The van der Waals surface area contributed by atoms with Gasteiger partial charge in [-0.05, 0) is 0 Å². The summed E-state index contributed by atoms with van der Waals surface area (Å²) in [5, 5.41) is 0. The Bertz CT molecular complexity index is 1130. The molecule has 1 aliphatic heterocycles. The van der Waals surface area contributed by atoms with Crippen LogP contribution in [-0.4, -0.2) is 46.8 Å². The van der Waals surface area contributed by atoms with Crippen LogP contribution in [0.5, 0.6) is 0 Å². The second-order valence-electron chi connectivity index (χ2n) is 7.35. The number of carbonyl (C=O) groups excluding carboxylic acids is 1. The van der Waals surface area contributed by atoms with Crippen LogP contribution in [-0.2, 0) is 19.6 Å². The topological polar surface area (TPSA) is 76.8 Å². The molecule has 0 bridgehead atoms. The van der Waals surface area contributed by atoms with E-state index in [0.717, 1.165) is 10.0 Å². The van der Waals surface area contributed by atoms with Gasteiger partial charge in [-0.15, -0.1) is 0 Å². The molecule has 2 aromatic carbocycles. The summed E-state index contributed by atoms with van der Waals surface area (Å²) in [4.78, 5) is 12.8. The Morgan fingerprint density at radius 1 is 1.06 bits per heavy atom. The average Bonchev–Trinajstić information content (AvgIpc) is 3.42. The number of furan rings is 1. The molecule has 8 heteroatoms. The van der Waals surface area contributed by atoms with Crippen LogP contribution in [0.4, 0.5) is 0 Å². The third-order valence-corrected chi connectivity index (χ3v) is 9.95. The predicted octanol–water partition coefficient (Wildman–Crippen LogP) is 3.08. The van der Waals surface area contributed by atoms with Gasteiger partial charge in [-0.2, -0.15) is 0 Å². The summed E-state index contributed by atoms with van der Waals surface area (Å²) in [6, 6.07) is 18.6. The molecule has 0 aliphatic carbocycles. The second-order valence-corrected chi connectivity index (χ2v) is 11.9. The van der Waals surface area contributed by atoms with Crippen LogP contribution in [0.1, 0.15) is 23.8 Å². The molecule has 1 aromatic heterocycles. The molecule has 162 valence electrons. The fourth-order valence-corrected chi connectivity index (χ4v) is 8.61. The third-order valence-electron chi connectivity index (χ3n) is 5.32. The zero-order valence-electron chi connectivity index (χ0n) is 17.2. The minimum absolute atomic E-state index is 0.0808. The minimum atomic E-state index is -3.98. The molecule has 1 fully saturated rings. The number of sulfonamides is 1. The fraction of sp³-hybridized carbons (Fsp3) is 0.261. The fourth-order valence-electron chi connectivity index (χ4n) is 3.85. The first-order chi connectivity index (χ1) is 14.9. The summed E-state index contributed by atoms with van der Waals surface area (Å²) >= 11 is -0.0808. The van der Waals surface area contributed by atoms with Gasteiger partial charge in [0.05, 0.1) is 0 Å². The van der Waals surface area contributed by atoms with E-state index in [1.807, 2.05) is 37.3 Å². The van der Waals surface area contributed by atoms with E-state index in [-0.39, 0.29) is 24.7 Å². The molecule has 31 heavy (non-hydrogen) atoms. The van der Waals surface area contributed by atoms with Gasteiger partial charge in [0.15, 0.2) is 0 Å². The van der Waals surface area contributed by atoms with Crippen LogP contribution in [0.2, 0.25) is 4.82 Å². The molecule has 2 heterocycles. The van der Waals surface area contributed by atoms with E-state index >= 15 is 0 Å². The van der Waals surface area contributed by atoms with Gasteiger partial charge in [0.1, 0.15) is 0 Å². The van der Waals surface area contributed by atoms with Crippen molar-refractivity contribution in [1.82, 2.24) is 4.31 Å². The van der Waals surface area contributed by atoms with Crippen molar-refractivity contribution in [3.8, 4) is 0 Å². The van der Waals surface area contributed by atoms with Crippen molar-refractivity contribution in [1.29, 1.82) is 0 Å². The monoisotopic (exact) mass is 505 g/mol. The molecule has 0 radical (unpaired) electrons. The molecule has 4 rings (SSSR count). The standard InChI is InChI=1S/C23H23NO5SSe/c1-16-10-12-17(13-11-16)30(26,27)24-19(23(25)28-2)15-21(22(24)20-9-6-14-29-20)31-18-7-4-3-5-8-18/h3-14,19,21-22H,15H2,1-2H3/t19-,21+,22-/m1/s1. The average molecular weight is 504 g/mol. The van der Waals surface area contributed by atoms with Crippen LogP contribution in [0, 0.1) is 6.92 Å². The first-order valence-corrected chi connectivity index (χ1v) is 13.1. The summed E-state index contributed by atoms with van der Waals surface area (Å²) in [6.45, 7) is 1.90. The molecular weight excluding hydrogens is 481 g/mol. The number of hydrogen-bond acceptors (Lipinski definition) is 5. The first kappa shape index (κ1) is 21.8. The van der Waals surface area contributed by atoms with Crippen LogP contribution in [0.3, 0.4) is 0 Å². The molecule has 6 nitrogen and oxygen atoms in total. The van der Waals surface area contributed by atoms with Crippen molar-refractivity contribution in [2.45, 2.75) is 35.1 Å². The maximum absolute atomic E-state index is 13.8. The summed E-state index contributed by atoms with van der Waals surface area (Å²) in [6.07, 6.45) is 1.90. The van der Waals surface area contributed by atoms with Crippen LogP contribution in [0.15, 0.2) is 82.3 Å². The number of benzene rings is 2. The number of methoxy groups -OCH3 is 1. The number of carbonyl (C=O) groups is 1. The van der Waals surface area contributed by atoms with Crippen molar-refractivity contribution < 1.29 is 22.4 Å². The number of hydrogen-bond donors (Lipinski definition) is 0. The Morgan fingerprint density at radius 3 is 2.39 bits per heavy atom. The quantitative estimate of drug-likeness (QED) is 0.381. The normalized spacial score (nSPS) is 21.8. The molecule has 1 saturated heterocycles. The first-order valence-electron chi connectivity index (χ1n) is 9.85. The van der Waals surface area contributed by atoms with E-state index in [1.165, 1.54) is 17.7 Å². The van der Waals surface area contributed by atoms with Crippen LogP contribution in [0.25, 0.3) is 0 Å². The Labute approximate surface area is 188 Å². The second kappa shape index (κ2) is 9.00. The summed E-state index contributed by atoms with van der Waals surface area (Å²) in [5.41, 5.74) is 0.956. The van der Waals surface area contributed by atoms with E-state index in [4.69, 9.17) is 9.15 Å². The number of nitrogens with zero attached hydrogens (tertiary/aromatic N) is 1. The van der Waals surface area contributed by atoms with Gasteiger partial charge in [-0.1, -0.05) is 0 Å². The van der Waals surface area contributed by atoms with Gasteiger partial charge in [-0.3, -0.25) is 0 Å². The summed E-state index contributed by atoms with van der Waals surface area (Å²) < 4.78 is 40.7. The molecule has 0 saturated carbocycles. The van der Waals surface area contributed by atoms with Crippen molar-refractivity contribution >= 4 is 35.4 Å². The molecule has 3 aromatic rings. The molecule has 0 spiro atoms.